The number of rotatable bonds is 5. The first-order valence-electron chi connectivity index (χ1n) is 15.5. The Kier molecular flexibility index (Phi) is 8.17. The van der Waals surface area contributed by atoms with E-state index in [2.05, 4.69) is 20.4 Å². The lowest BCUT2D eigenvalue weighted by molar-refractivity contribution is -0.139. The number of aromatic nitrogens is 5. The number of amides is 2. The van der Waals surface area contributed by atoms with Crippen molar-refractivity contribution < 1.29 is 37.0 Å². The SMILES string of the molecule is O=C(Cn1c2c(c(=O)n3nc(C4=CCOCC4)nc13)C1(CC2)CCN(C(=O)c2ncccc2O)CC1)Nc1ccc(C(F)(F)F)c(F)c1Cl. The number of ether oxygens (including phenoxy) is 1. The van der Waals surface area contributed by atoms with Crippen molar-refractivity contribution in [2.24, 2.45) is 0 Å². The van der Waals surface area contributed by atoms with Crippen LogP contribution in [0.2, 0.25) is 5.02 Å². The van der Waals surface area contributed by atoms with Gasteiger partial charge in [0.25, 0.3) is 11.5 Å². The Morgan fingerprint density at radius 1 is 1.12 bits per heavy atom. The third-order valence-corrected chi connectivity index (χ3v) is 9.80. The predicted molar refractivity (Wildman–Crippen MR) is 167 cm³/mol. The molecular formula is C32H28ClF4N7O5. The number of hydrogen-bond donors (Lipinski definition) is 2. The van der Waals surface area contributed by atoms with Crippen LogP contribution in [0.5, 0.6) is 5.75 Å². The summed E-state index contributed by atoms with van der Waals surface area (Å²) in [5.41, 5.74) is -1.30. The summed E-state index contributed by atoms with van der Waals surface area (Å²) in [6.07, 6.45) is 0.494. The fourth-order valence-electron chi connectivity index (χ4n) is 6.96. The zero-order valence-electron chi connectivity index (χ0n) is 25.7. The minimum Gasteiger partial charge on any atom is -0.505 e. The fraction of sp³-hybridized carbons (Fsp3) is 0.375. The minimum atomic E-state index is -4.98. The highest BCUT2D eigenvalue weighted by Crippen LogP contribution is 2.45. The molecule has 17 heteroatoms. The highest BCUT2D eigenvalue weighted by atomic mass is 35.5. The monoisotopic (exact) mass is 701 g/mol. The standard InChI is InChI=1S/C32H28ClF4N7O5/c33-24-19(4-3-18(25(24)34)32(35,36)37)39-22(46)16-43-20-5-8-31(9-12-42(13-10-31)29(48)26-21(45)2-1-11-38-26)23(20)28(47)44-30(43)40-27(41-44)17-6-14-49-15-7-17/h1-4,6,11,45H,5,7-10,12-16H2,(H,39,46). The number of carbonyl (C=O) groups is 2. The molecular weight excluding hydrogens is 674 g/mol. The van der Waals surface area contributed by atoms with Crippen molar-refractivity contribution in [3.63, 3.8) is 0 Å². The minimum absolute atomic E-state index is 0.0639. The van der Waals surface area contributed by atoms with Crippen LogP contribution in [0.4, 0.5) is 23.2 Å². The van der Waals surface area contributed by atoms with Crippen molar-refractivity contribution in [2.45, 2.75) is 50.2 Å². The lowest BCUT2D eigenvalue weighted by atomic mass is 9.74. The van der Waals surface area contributed by atoms with E-state index in [0.29, 0.717) is 62.6 Å². The predicted octanol–water partition coefficient (Wildman–Crippen LogP) is 4.37. The molecule has 0 unspecified atom stereocenters. The molecule has 2 N–H and O–H groups in total. The molecule has 2 amide bonds. The maximum atomic E-state index is 14.5. The van der Waals surface area contributed by atoms with Crippen LogP contribution in [0.15, 0.2) is 41.3 Å². The first-order chi connectivity index (χ1) is 23.4. The topological polar surface area (TPSA) is 144 Å². The zero-order chi connectivity index (χ0) is 34.7. The Bertz CT molecular complexity index is 2100. The molecule has 4 aromatic rings. The summed E-state index contributed by atoms with van der Waals surface area (Å²) in [5, 5.41) is 16.2. The van der Waals surface area contributed by atoms with Crippen LogP contribution >= 0.6 is 11.6 Å². The molecule has 1 saturated heterocycles. The molecule has 0 bridgehead atoms. The second-order valence-corrected chi connectivity index (χ2v) is 12.6. The van der Waals surface area contributed by atoms with Gasteiger partial charge in [-0.05, 0) is 61.9 Å². The number of anilines is 1. The largest absolute Gasteiger partial charge is 0.505 e. The molecule has 7 rings (SSSR count). The maximum absolute atomic E-state index is 14.5. The van der Waals surface area contributed by atoms with Gasteiger partial charge in [0.05, 0.1) is 24.5 Å². The lowest BCUT2D eigenvalue weighted by Gasteiger charge is -2.39. The first-order valence-corrected chi connectivity index (χ1v) is 15.8. The molecule has 3 aromatic heterocycles. The summed E-state index contributed by atoms with van der Waals surface area (Å²) >= 11 is 5.90. The quantitative estimate of drug-likeness (QED) is 0.292. The maximum Gasteiger partial charge on any atom is 0.419 e. The summed E-state index contributed by atoms with van der Waals surface area (Å²) in [7, 11) is 0. The van der Waals surface area contributed by atoms with Crippen LogP contribution < -0.4 is 10.9 Å². The van der Waals surface area contributed by atoms with Crippen LogP contribution in [0, 0.1) is 5.82 Å². The molecule has 3 aliphatic rings. The molecule has 1 spiro atoms. The van der Waals surface area contributed by atoms with E-state index < -0.39 is 51.9 Å². The van der Waals surface area contributed by atoms with Gasteiger partial charge in [-0.15, -0.1) is 5.10 Å². The van der Waals surface area contributed by atoms with Gasteiger partial charge in [-0.1, -0.05) is 17.7 Å². The number of fused-ring (bicyclic) bond motifs is 3. The number of halogens is 5. The van der Waals surface area contributed by atoms with E-state index in [0.717, 1.165) is 16.2 Å². The Hall–Kier alpha value is -4.83. The van der Waals surface area contributed by atoms with Crippen molar-refractivity contribution in [1.82, 2.24) is 29.0 Å². The number of nitrogens with one attached hydrogen (secondary N) is 1. The van der Waals surface area contributed by atoms with Gasteiger partial charge in [0.1, 0.15) is 17.3 Å². The Morgan fingerprint density at radius 2 is 1.90 bits per heavy atom. The number of aromatic hydroxyl groups is 1. The van der Waals surface area contributed by atoms with E-state index in [1.165, 1.54) is 18.3 Å². The summed E-state index contributed by atoms with van der Waals surface area (Å²) in [4.78, 5) is 51.1. The molecule has 256 valence electrons. The Labute approximate surface area is 280 Å². The van der Waals surface area contributed by atoms with E-state index in [4.69, 9.17) is 16.3 Å². The number of carbonyl (C=O) groups excluding carboxylic acids is 2. The third kappa shape index (κ3) is 5.71. The van der Waals surface area contributed by atoms with E-state index in [1.807, 2.05) is 6.08 Å². The number of likely N-dealkylation sites (tertiary alicyclic amines) is 1. The summed E-state index contributed by atoms with van der Waals surface area (Å²) in [6, 6.07) is 4.27. The van der Waals surface area contributed by atoms with Gasteiger partial charge < -0.3 is 24.6 Å². The zero-order valence-corrected chi connectivity index (χ0v) is 26.4. The summed E-state index contributed by atoms with van der Waals surface area (Å²) in [5.74, 6) is -2.75. The molecule has 0 atom stereocenters. The summed E-state index contributed by atoms with van der Waals surface area (Å²) < 4.78 is 62.2. The van der Waals surface area contributed by atoms with Crippen molar-refractivity contribution in [3.8, 4) is 5.75 Å². The molecule has 49 heavy (non-hydrogen) atoms. The van der Waals surface area contributed by atoms with Crippen LogP contribution in [0.25, 0.3) is 11.4 Å². The van der Waals surface area contributed by atoms with Gasteiger partial charge in [-0.2, -0.15) is 22.7 Å². The van der Waals surface area contributed by atoms with E-state index >= 15 is 0 Å². The second-order valence-electron chi connectivity index (χ2n) is 12.2. The van der Waals surface area contributed by atoms with Crippen LogP contribution in [0.1, 0.15) is 58.8 Å². The number of nitrogens with zero attached hydrogens (tertiary/aromatic N) is 6. The van der Waals surface area contributed by atoms with Crippen molar-refractivity contribution >= 4 is 40.5 Å². The van der Waals surface area contributed by atoms with Gasteiger partial charge in [0.2, 0.25) is 11.7 Å². The number of hydrogen-bond acceptors (Lipinski definition) is 8. The van der Waals surface area contributed by atoms with E-state index in [1.54, 1.807) is 9.47 Å². The molecule has 2 aliphatic heterocycles. The third-order valence-electron chi connectivity index (χ3n) is 9.43. The highest BCUT2D eigenvalue weighted by Gasteiger charge is 2.46. The van der Waals surface area contributed by atoms with Gasteiger partial charge in [-0.25, -0.2) is 9.37 Å². The average molecular weight is 702 g/mol. The van der Waals surface area contributed by atoms with Gasteiger partial charge in [-0.3, -0.25) is 14.4 Å². The number of alkyl halides is 3. The van der Waals surface area contributed by atoms with Crippen molar-refractivity contribution in [2.75, 3.05) is 31.6 Å². The van der Waals surface area contributed by atoms with Gasteiger partial charge in [0, 0.05) is 36.0 Å². The fourth-order valence-corrected chi connectivity index (χ4v) is 7.17. The van der Waals surface area contributed by atoms with Crippen molar-refractivity contribution in [3.05, 3.63) is 86.1 Å². The molecule has 5 heterocycles. The Morgan fingerprint density at radius 3 is 2.59 bits per heavy atom. The molecule has 1 aliphatic carbocycles. The second kappa shape index (κ2) is 12.2. The van der Waals surface area contributed by atoms with Gasteiger partial charge >= 0.3 is 6.18 Å². The summed E-state index contributed by atoms with van der Waals surface area (Å²) in [6.45, 7) is 0.890. The smallest absolute Gasteiger partial charge is 0.419 e. The van der Waals surface area contributed by atoms with Crippen LogP contribution in [0.3, 0.4) is 0 Å². The van der Waals surface area contributed by atoms with E-state index in [9.17, 15) is 37.1 Å². The lowest BCUT2D eigenvalue weighted by Crippen LogP contribution is -2.46. The van der Waals surface area contributed by atoms with Crippen LogP contribution in [-0.2, 0) is 34.1 Å². The molecule has 12 nitrogen and oxygen atoms in total. The van der Waals surface area contributed by atoms with Crippen LogP contribution in [-0.4, -0.2) is 72.3 Å². The molecule has 1 fully saturated rings. The number of piperidine rings is 1. The van der Waals surface area contributed by atoms with Gasteiger partial charge in [0.15, 0.2) is 17.3 Å². The number of benzene rings is 1. The first kappa shape index (κ1) is 32.7. The molecule has 0 radical (unpaired) electrons. The van der Waals surface area contributed by atoms with E-state index in [-0.39, 0.29) is 41.8 Å². The number of pyridine rings is 1. The average Bonchev–Trinajstić information content (AvgIpc) is 3.69. The normalized spacial score (nSPS) is 17.3. The van der Waals surface area contributed by atoms with Crippen molar-refractivity contribution in [1.29, 1.82) is 0 Å². The Balaban J connectivity index is 1.24. The molecule has 0 saturated carbocycles. The highest BCUT2D eigenvalue weighted by molar-refractivity contribution is 6.34. The molecule has 1 aromatic carbocycles.